The van der Waals surface area contributed by atoms with E-state index in [2.05, 4.69) is 37.6 Å². The number of H-pyrrole nitrogens is 1. The number of hydrogen-bond acceptors (Lipinski definition) is 1. The van der Waals surface area contributed by atoms with Crippen LogP contribution in [0.3, 0.4) is 0 Å². The third-order valence-electron chi connectivity index (χ3n) is 3.69. The Labute approximate surface area is 149 Å². The van der Waals surface area contributed by atoms with Crippen molar-refractivity contribution >= 4 is 38.9 Å². The normalized spacial score (nSPS) is 11.0. The Morgan fingerprint density at radius 2 is 2.04 bits per heavy atom. The summed E-state index contributed by atoms with van der Waals surface area (Å²) < 4.78 is 1.01. The Balaban J connectivity index is 1.46. The zero-order valence-corrected chi connectivity index (χ0v) is 14.6. The van der Waals surface area contributed by atoms with Gasteiger partial charge in [0.1, 0.15) is 0 Å². The minimum atomic E-state index is -0.207. The molecule has 0 saturated carbocycles. The summed E-state index contributed by atoms with van der Waals surface area (Å²) >= 11 is 3.42. The molecular weight excluding hydrogens is 366 g/mol. The van der Waals surface area contributed by atoms with Crippen molar-refractivity contribution in [3.63, 3.8) is 0 Å². The summed E-state index contributed by atoms with van der Waals surface area (Å²) in [6.07, 6.45) is 6.27. The summed E-state index contributed by atoms with van der Waals surface area (Å²) in [6, 6.07) is 15.8. The van der Waals surface area contributed by atoms with Crippen LogP contribution in [0.4, 0.5) is 4.79 Å². The molecule has 0 saturated heterocycles. The number of urea groups is 1. The van der Waals surface area contributed by atoms with E-state index < -0.39 is 0 Å². The van der Waals surface area contributed by atoms with E-state index in [9.17, 15) is 4.79 Å². The zero-order valence-electron chi connectivity index (χ0n) is 13.1. The van der Waals surface area contributed by atoms with Crippen LogP contribution in [-0.2, 0) is 6.42 Å². The minimum absolute atomic E-state index is 0.207. The molecule has 0 unspecified atom stereocenters. The van der Waals surface area contributed by atoms with Crippen LogP contribution in [-0.4, -0.2) is 17.6 Å². The molecule has 3 rings (SSSR count). The fourth-order valence-corrected chi connectivity index (χ4v) is 2.94. The molecule has 0 radical (unpaired) electrons. The third-order valence-corrected chi connectivity index (χ3v) is 4.19. The van der Waals surface area contributed by atoms with Crippen LogP contribution < -0.4 is 10.6 Å². The highest BCUT2D eigenvalue weighted by molar-refractivity contribution is 9.10. The molecular formula is C19H18BrN3O. The minimum Gasteiger partial charge on any atom is -0.361 e. The number of aromatic amines is 1. The lowest BCUT2D eigenvalue weighted by Crippen LogP contribution is -2.33. The molecule has 0 atom stereocenters. The molecule has 2 amide bonds. The van der Waals surface area contributed by atoms with Crippen molar-refractivity contribution in [2.45, 2.75) is 6.42 Å². The van der Waals surface area contributed by atoms with Crippen LogP contribution in [0.2, 0.25) is 0 Å². The van der Waals surface area contributed by atoms with E-state index in [4.69, 9.17) is 0 Å². The number of amides is 2. The van der Waals surface area contributed by atoms with Crippen molar-refractivity contribution < 1.29 is 4.79 Å². The molecule has 24 heavy (non-hydrogen) atoms. The number of benzene rings is 2. The average molecular weight is 384 g/mol. The quantitative estimate of drug-likeness (QED) is 0.599. The summed E-state index contributed by atoms with van der Waals surface area (Å²) in [6.45, 7) is 0.582. The maximum absolute atomic E-state index is 11.8. The summed E-state index contributed by atoms with van der Waals surface area (Å²) in [5.74, 6) is 0. The lowest BCUT2D eigenvalue weighted by Gasteiger charge is -2.04. The van der Waals surface area contributed by atoms with Gasteiger partial charge in [0.15, 0.2) is 0 Å². The molecule has 2 aromatic carbocycles. The molecule has 0 bridgehead atoms. The van der Waals surface area contributed by atoms with Gasteiger partial charge in [-0.2, -0.15) is 0 Å². The molecule has 5 heteroatoms. The predicted octanol–water partition coefficient (Wildman–Crippen LogP) is 4.44. The molecule has 0 aliphatic heterocycles. The highest BCUT2D eigenvalue weighted by Gasteiger charge is 2.03. The molecule has 0 spiro atoms. The predicted molar refractivity (Wildman–Crippen MR) is 102 cm³/mol. The number of fused-ring (bicyclic) bond motifs is 1. The van der Waals surface area contributed by atoms with Crippen LogP contribution in [0, 0.1) is 0 Å². The van der Waals surface area contributed by atoms with E-state index in [1.54, 1.807) is 6.20 Å². The number of para-hydroxylation sites is 1. The second-order valence-electron chi connectivity index (χ2n) is 5.40. The zero-order chi connectivity index (χ0) is 16.8. The fourth-order valence-electron chi connectivity index (χ4n) is 2.52. The van der Waals surface area contributed by atoms with Crippen molar-refractivity contribution in [3.05, 3.63) is 76.5 Å². The number of rotatable bonds is 5. The average Bonchev–Trinajstić information content (AvgIpc) is 2.98. The van der Waals surface area contributed by atoms with Crippen molar-refractivity contribution in [2.24, 2.45) is 0 Å². The molecule has 0 fully saturated rings. The maximum atomic E-state index is 11.8. The van der Waals surface area contributed by atoms with Gasteiger partial charge < -0.3 is 15.6 Å². The highest BCUT2D eigenvalue weighted by atomic mass is 79.9. The van der Waals surface area contributed by atoms with Gasteiger partial charge in [0.2, 0.25) is 0 Å². The number of halogens is 1. The lowest BCUT2D eigenvalue weighted by atomic mass is 10.1. The smallest absolute Gasteiger partial charge is 0.318 e. The van der Waals surface area contributed by atoms with Gasteiger partial charge in [-0.05, 0) is 41.8 Å². The van der Waals surface area contributed by atoms with Crippen molar-refractivity contribution in [1.29, 1.82) is 0 Å². The van der Waals surface area contributed by atoms with Gasteiger partial charge in [-0.3, -0.25) is 0 Å². The van der Waals surface area contributed by atoms with Crippen molar-refractivity contribution in [1.82, 2.24) is 15.6 Å². The van der Waals surface area contributed by atoms with E-state index in [-0.39, 0.29) is 6.03 Å². The van der Waals surface area contributed by atoms with E-state index in [1.807, 2.05) is 54.7 Å². The highest BCUT2D eigenvalue weighted by Crippen LogP contribution is 2.17. The van der Waals surface area contributed by atoms with Gasteiger partial charge in [-0.25, -0.2) is 4.79 Å². The van der Waals surface area contributed by atoms with E-state index in [1.165, 1.54) is 10.9 Å². The van der Waals surface area contributed by atoms with Crippen molar-refractivity contribution in [2.75, 3.05) is 6.54 Å². The molecule has 0 aliphatic carbocycles. The first kappa shape index (κ1) is 16.3. The number of nitrogens with one attached hydrogen (secondary N) is 3. The van der Waals surface area contributed by atoms with E-state index in [0.29, 0.717) is 6.54 Å². The monoisotopic (exact) mass is 383 g/mol. The first-order valence-electron chi connectivity index (χ1n) is 7.74. The van der Waals surface area contributed by atoms with Gasteiger partial charge in [0, 0.05) is 34.3 Å². The molecule has 4 nitrogen and oxygen atoms in total. The van der Waals surface area contributed by atoms with Gasteiger partial charge in [0.25, 0.3) is 0 Å². The SMILES string of the molecule is O=C(N/C=C/c1cccc(Br)c1)NCCc1c[nH]c2ccccc12. The molecule has 1 aromatic heterocycles. The maximum Gasteiger partial charge on any atom is 0.318 e. The van der Waals surface area contributed by atoms with Gasteiger partial charge in [-0.1, -0.05) is 46.3 Å². The molecule has 1 heterocycles. The standard InChI is InChI=1S/C19H18BrN3O/c20-16-5-3-4-14(12-16)8-10-21-19(24)22-11-9-15-13-23-18-7-2-1-6-17(15)18/h1-8,10,12-13,23H,9,11H2,(H2,21,22,24)/b10-8+. The van der Waals surface area contributed by atoms with Crippen LogP contribution in [0.15, 0.2) is 65.4 Å². The van der Waals surface area contributed by atoms with E-state index in [0.717, 1.165) is 22.0 Å². The first-order chi connectivity index (χ1) is 11.7. The summed E-state index contributed by atoms with van der Waals surface area (Å²) in [5, 5.41) is 6.78. The number of hydrogen-bond donors (Lipinski definition) is 3. The number of aromatic nitrogens is 1. The summed E-state index contributed by atoms with van der Waals surface area (Å²) in [4.78, 5) is 15.0. The largest absolute Gasteiger partial charge is 0.361 e. The van der Waals surface area contributed by atoms with E-state index >= 15 is 0 Å². The van der Waals surface area contributed by atoms with Crippen molar-refractivity contribution in [3.8, 4) is 0 Å². The Morgan fingerprint density at radius 3 is 2.92 bits per heavy atom. The Morgan fingerprint density at radius 1 is 1.17 bits per heavy atom. The molecule has 0 aliphatic rings. The lowest BCUT2D eigenvalue weighted by molar-refractivity contribution is 0.244. The Bertz CT molecular complexity index is 870. The Kier molecular flexibility index (Phi) is 5.33. The third kappa shape index (κ3) is 4.26. The molecule has 3 N–H and O–H groups in total. The topological polar surface area (TPSA) is 56.9 Å². The Hall–Kier alpha value is -2.53. The molecule has 122 valence electrons. The van der Waals surface area contributed by atoms with Crippen LogP contribution in [0.5, 0.6) is 0 Å². The van der Waals surface area contributed by atoms with Crippen LogP contribution in [0.25, 0.3) is 17.0 Å². The van der Waals surface area contributed by atoms with Crippen LogP contribution in [0.1, 0.15) is 11.1 Å². The van der Waals surface area contributed by atoms with Crippen LogP contribution >= 0.6 is 15.9 Å². The van der Waals surface area contributed by atoms with Gasteiger partial charge >= 0.3 is 6.03 Å². The number of carbonyl (C=O) groups excluding carboxylic acids is 1. The first-order valence-corrected chi connectivity index (χ1v) is 8.53. The number of carbonyl (C=O) groups is 1. The van der Waals surface area contributed by atoms with Gasteiger partial charge in [0.05, 0.1) is 0 Å². The summed E-state index contributed by atoms with van der Waals surface area (Å²) in [5.41, 5.74) is 3.34. The second-order valence-corrected chi connectivity index (χ2v) is 6.31. The second kappa shape index (κ2) is 7.84. The summed E-state index contributed by atoms with van der Waals surface area (Å²) in [7, 11) is 0. The molecule has 3 aromatic rings. The fraction of sp³-hybridized carbons (Fsp3) is 0.105. The van der Waals surface area contributed by atoms with Gasteiger partial charge in [-0.15, -0.1) is 0 Å².